The second-order valence-electron chi connectivity index (χ2n) is 20.2. The predicted octanol–water partition coefficient (Wildman–Crippen LogP) is 15.7. The van der Waals surface area contributed by atoms with Gasteiger partial charge in [-0.05, 0) is 116 Å². The van der Waals surface area contributed by atoms with Crippen molar-refractivity contribution < 1.29 is 58.2 Å². The van der Waals surface area contributed by atoms with Crippen molar-refractivity contribution in [1.29, 1.82) is 0 Å². The lowest BCUT2D eigenvalue weighted by Crippen LogP contribution is -2.61. The highest BCUT2D eigenvalue weighted by atomic mass is 16.7. The zero-order chi connectivity index (χ0) is 56.1. The minimum atomic E-state index is -1.92. The van der Waals surface area contributed by atoms with Crippen LogP contribution in [0.15, 0.2) is 97.2 Å². The number of carbonyl (C=O) groups excluding carboxylic acids is 3. The fourth-order valence-electron chi connectivity index (χ4n) is 8.48. The molecule has 1 aliphatic rings. The van der Waals surface area contributed by atoms with Crippen LogP contribution >= 0.6 is 0 Å². The number of carboxylic acids is 1. The van der Waals surface area contributed by atoms with Crippen molar-refractivity contribution in [2.24, 2.45) is 0 Å². The Morgan fingerprint density at radius 1 is 0.442 bits per heavy atom. The smallest absolute Gasteiger partial charge is 0.335 e. The van der Waals surface area contributed by atoms with Crippen molar-refractivity contribution >= 4 is 23.9 Å². The van der Waals surface area contributed by atoms with E-state index < -0.39 is 67.3 Å². The number of hydrogen-bond donors (Lipinski definition) is 3. The summed E-state index contributed by atoms with van der Waals surface area (Å²) in [5, 5.41) is 31.5. The molecule has 0 radical (unpaired) electrons. The SMILES string of the molecule is CC/C=C\C/C=C\C/C=C\C/C=C\CCCCC(=O)OCC(COC1OC(C(=O)O)C(O)C(O)C1OC(=O)CCCCCCCCCCC/C=C\C/C=C\CCCCC)OC(=O)CCCCCCC/C=C\C/C=C\CCC. The molecule has 12 heteroatoms. The van der Waals surface area contributed by atoms with Crippen LogP contribution in [0.2, 0.25) is 0 Å². The summed E-state index contributed by atoms with van der Waals surface area (Å²) in [6.07, 6.45) is 56.6. The molecule has 77 heavy (non-hydrogen) atoms. The quantitative estimate of drug-likeness (QED) is 0.0228. The zero-order valence-corrected chi connectivity index (χ0v) is 48.2. The number of esters is 3. The number of unbranched alkanes of at least 4 members (excludes halogenated alkanes) is 20. The van der Waals surface area contributed by atoms with E-state index in [1.54, 1.807) is 0 Å². The number of aliphatic carboxylic acids is 1. The molecule has 6 atom stereocenters. The Bertz CT molecular complexity index is 1710. The summed E-state index contributed by atoms with van der Waals surface area (Å²) in [5.74, 6) is -3.21. The van der Waals surface area contributed by atoms with Crippen molar-refractivity contribution in [3.8, 4) is 0 Å². The van der Waals surface area contributed by atoms with E-state index >= 15 is 0 Å². The monoisotopic (exact) mass is 1080 g/mol. The van der Waals surface area contributed by atoms with Crippen LogP contribution in [0.3, 0.4) is 0 Å². The lowest BCUT2D eigenvalue weighted by atomic mass is 9.98. The summed E-state index contributed by atoms with van der Waals surface area (Å²) < 4.78 is 28.4. The van der Waals surface area contributed by atoms with E-state index in [0.29, 0.717) is 19.3 Å². The highest BCUT2D eigenvalue weighted by Gasteiger charge is 2.50. The van der Waals surface area contributed by atoms with Crippen LogP contribution in [0.4, 0.5) is 0 Å². The predicted molar refractivity (Wildman–Crippen MR) is 312 cm³/mol. The van der Waals surface area contributed by atoms with E-state index in [1.165, 1.54) is 51.4 Å². The molecular weight excluding hydrogens is 973 g/mol. The van der Waals surface area contributed by atoms with Crippen molar-refractivity contribution in [2.75, 3.05) is 13.2 Å². The average molecular weight is 1080 g/mol. The van der Waals surface area contributed by atoms with Crippen molar-refractivity contribution in [1.82, 2.24) is 0 Å². The molecule has 1 rings (SSSR count). The fourth-order valence-corrected chi connectivity index (χ4v) is 8.48. The van der Waals surface area contributed by atoms with Crippen LogP contribution in [0.1, 0.15) is 239 Å². The van der Waals surface area contributed by atoms with Crippen molar-refractivity contribution in [3.63, 3.8) is 0 Å². The van der Waals surface area contributed by atoms with Gasteiger partial charge in [0.1, 0.15) is 18.8 Å². The maximum atomic E-state index is 13.1. The second-order valence-corrected chi connectivity index (χ2v) is 20.2. The summed E-state index contributed by atoms with van der Waals surface area (Å²) in [6, 6.07) is 0. The Labute approximate surface area is 466 Å². The van der Waals surface area contributed by atoms with E-state index in [9.17, 15) is 34.5 Å². The van der Waals surface area contributed by atoms with Gasteiger partial charge < -0.3 is 39.0 Å². The minimum absolute atomic E-state index is 0.0459. The summed E-state index contributed by atoms with van der Waals surface area (Å²) in [4.78, 5) is 51.1. The topological polar surface area (TPSA) is 175 Å². The van der Waals surface area contributed by atoms with Gasteiger partial charge in [-0.3, -0.25) is 14.4 Å². The second kappa shape index (κ2) is 52.3. The fraction of sp³-hybridized carbons (Fsp3) is 0.692. The lowest BCUT2D eigenvalue weighted by molar-refractivity contribution is -0.301. The Morgan fingerprint density at radius 3 is 1.32 bits per heavy atom. The van der Waals surface area contributed by atoms with Crippen molar-refractivity contribution in [2.45, 2.75) is 276 Å². The molecule has 1 aliphatic heterocycles. The Kier molecular flexibility index (Phi) is 48.0. The summed E-state index contributed by atoms with van der Waals surface area (Å²) in [7, 11) is 0. The van der Waals surface area contributed by atoms with Gasteiger partial charge >= 0.3 is 23.9 Å². The van der Waals surface area contributed by atoms with Gasteiger partial charge in [0.2, 0.25) is 0 Å². The van der Waals surface area contributed by atoms with Crippen LogP contribution in [0.5, 0.6) is 0 Å². The number of allylic oxidation sites excluding steroid dienone is 16. The van der Waals surface area contributed by atoms with E-state index in [0.717, 1.165) is 128 Å². The van der Waals surface area contributed by atoms with E-state index in [-0.39, 0.29) is 25.9 Å². The number of ether oxygens (including phenoxy) is 5. The first-order chi connectivity index (χ1) is 37.6. The number of hydrogen-bond acceptors (Lipinski definition) is 11. The molecule has 6 unspecified atom stereocenters. The minimum Gasteiger partial charge on any atom is -0.479 e. The van der Waals surface area contributed by atoms with Gasteiger partial charge in [0.25, 0.3) is 0 Å². The summed E-state index contributed by atoms with van der Waals surface area (Å²) in [6.45, 7) is 5.74. The maximum absolute atomic E-state index is 13.1. The van der Waals surface area contributed by atoms with Crippen LogP contribution < -0.4 is 0 Å². The van der Waals surface area contributed by atoms with Gasteiger partial charge in [0.05, 0.1) is 6.61 Å². The van der Waals surface area contributed by atoms with Crippen LogP contribution in [-0.2, 0) is 42.9 Å². The molecule has 0 aliphatic carbocycles. The summed E-state index contributed by atoms with van der Waals surface area (Å²) >= 11 is 0. The Morgan fingerprint density at radius 2 is 0.844 bits per heavy atom. The van der Waals surface area contributed by atoms with E-state index in [1.807, 2.05) is 0 Å². The largest absolute Gasteiger partial charge is 0.479 e. The first-order valence-corrected chi connectivity index (χ1v) is 30.2. The molecule has 0 aromatic heterocycles. The molecule has 0 aromatic rings. The van der Waals surface area contributed by atoms with Gasteiger partial charge in [-0.1, -0.05) is 201 Å². The number of aliphatic hydroxyl groups is 2. The molecule has 12 nitrogen and oxygen atoms in total. The van der Waals surface area contributed by atoms with Gasteiger partial charge in [0.15, 0.2) is 24.6 Å². The maximum Gasteiger partial charge on any atom is 0.335 e. The third-order valence-electron chi connectivity index (χ3n) is 13.1. The molecule has 1 saturated heterocycles. The molecule has 438 valence electrons. The normalized spacial score (nSPS) is 18.7. The first-order valence-electron chi connectivity index (χ1n) is 30.2. The summed E-state index contributed by atoms with van der Waals surface area (Å²) in [5.41, 5.74) is 0. The van der Waals surface area contributed by atoms with Crippen LogP contribution in [0, 0.1) is 0 Å². The third kappa shape index (κ3) is 42.3. The van der Waals surface area contributed by atoms with Gasteiger partial charge in [0, 0.05) is 19.3 Å². The molecule has 0 aromatic carbocycles. The Hall–Kier alpha value is -4.36. The highest BCUT2D eigenvalue weighted by molar-refractivity contribution is 5.74. The molecule has 0 saturated carbocycles. The Balaban J connectivity index is 2.70. The van der Waals surface area contributed by atoms with Gasteiger partial charge in [-0.25, -0.2) is 4.79 Å². The third-order valence-corrected chi connectivity index (χ3v) is 13.1. The van der Waals surface area contributed by atoms with Crippen LogP contribution in [-0.4, -0.2) is 89.2 Å². The molecule has 0 amide bonds. The van der Waals surface area contributed by atoms with E-state index in [2.05, 4.69) is 118 Å². The molecular formula is C65H106O12. The molecule has 1 heterocycles. The van der Waals surface area contributed by atoms with Gasteiger partial charge in [-0.15, -0.1) is 0 Å². The van der Waals surface area contributed by atoms with Crippen molar-refractivity contribution in [3.05, 3.63) is 97.2 Å². The number of carboxylic acid groups (broad SMARTS) is 1. The lowest BCUT2D eigenvalue weighted by Gasteiger charge is -2.40. The van der Waals surface area contributed by atoms with E-state index in [4.69, 9.17) is 23.7 Å². The molecule has 0 spiro atoms. The molecule has 1 fully saturated rings. The number of aliphatic hydroxyl groups excluding tert-OH is 2. The molecule has 3 N–H and O–H groups in total. The van der Waals surface area contributed by atoms with Gasteiger partial charge in [-0.2, -0.15) is 0 Å². The standard InChI is InChI=1S/C65H106O12/c1-4-7-10-13-16-19-22-25-27-28-29-30-32-35-38-41-44-47-50-53-59(68)76-63-61(70)60(69)62(64(71)72)77-65(63)74-55-56(75-58(67)52-49-46-43-40-37-33-24-21-18-15-12-9-6-3)54-73-57(66)51-48-45-42-39-36-34-31-26-23-20-17-14-11-8-5-2/h8,11-12,15-17,19-21,24-27,31,36,39,56,60-63,65,69-70H,4-7,9-10,13-14,18,22-23,28-30,32-35,37-38,40-55H2,1-3H3,(H,71,72)/b11-8-,15-12-,19-16-,20-17-,24-21-,27-25-,31-26-,39-36-. The highest BCUT2D eigenvalue weighted by Crippen LogP contribution is 2.26. The zero-order valence-electron chi connectivity index (χ0n) is 48.2. The number of carbonyl (C=O) groups is 4. The molecule has 0 bridgehead atoms. The van der Waals surface area contributed by atoms with Crippen LogP contribution in [0.25, 0.3) is 0 Å². The average Bonchev–Trinajstić information content (AvgIpc) is 3.42. The number of rotatable bonds is 50. The first kappa shape index (κ1) is 70.7.